The molecular weight excluding hydrogens is 245 g/mol. The van der Waals surface area contributed by atoms with Crippen LogP contribution in [0.3, 0.4) is 0 Å². The molecule has 0 saturated carbocycles. The van der Waals surface area contributed by atoms with Crippen molar-refractivity contribution in [2.75, 3.05) is 0 Å². The number of nitrogens with zero attached hydrogens (tertiary/aromatic N) is 4. The van der Waals surface area contributed by atoms with Crippen LogP contribution < -0.4 is 5.32 Å². The number of aryl methyl sites for hydroxylation is 3. The maximum absolute atomic E-state index is 13.7. The predicted molar refractivity (Wildman–Crippen MR) is 71.0 cm³/mol. The van der Waals surface area contributed by atoms with E-state index in [9.17, 15) is 4.39 Å². The Labute approximate surface area is 112 Å². The Morgan fingerprint density at radius 2 is 2.16 bits per heavy atom. The van der Waals surface area contributed by atoms with E-state index in [-0.39, 0.29) is 5.95 Å². The number of aromatic nitrogens is 4. The van der Waals surface area contributed by atoms with Crippen molar-refractivity contribution in [3.63, 3.8) is 0 Å². The van der Waals surface area contributed by atoms with Gasteiger partial charge in [0.05, 0.1) is 11.9 Å². The van der Waals surface area contributed by atoms with Gasteiger partial charge in [-0.25, -0.2) is 4.68 Å². The Bertz CT molecular complexity index is 543. The molecule has 0 amide bonds. The third kappa shape index (κ3) is 3.20. The third-order valence-corrected chi connectivity index (χ3v) is 3.04. The highest BCUT2D eigenvalue weighted by molar-refractivity contribution is 5.17. The van der Waals surface area contributed by atoms with Crippen LogP contribution in [-0.4, -0.2) is 19.6 Å². The lowest BCUT2D eigenvalue weighted by molar-refractivity contribution is 0.489. The highest BCUT2D eigenvalue weighted by Gasteiger charge is 2.12. The smallest absolute Gasteiger partial charge is 0.215 e. The molecule has 0 saturated heterocycles. The first-order valence-corrected chi connectivity index (χ1v) is 6.51. The Morgan fingerprint density at radius 3 is 2.79 bits per heavy atom. The van der Waals surface area contributed by atoms with Crippen molar-refractivity contribution in [3.05, 3.63) is 35.2 Å². The van der Waals surface area contributed by atoms with E-state index in [0.717, 1.165) is 24.2 Å². The maximum Gasteiger partial charge on any atom is 0.215 e. The second kappa shape index (κ2) is 5.97. The quantitative estimate of drug-likeness (QED) is 0.866. The van der Waals surface area contributed by atoms with Crippen molar-refractivity contribution in [2.45, 2.75) is 39.9 Å². The van der Waals surface area contributed by atoms with Gasteiger partial charge in [-0.15, -0.1) is 0 Å². The molecule has 2 aromatic heterocycles. The fraction of sp³-hybridized carbons (Fsp3) is 0.538. The normalized spacial score (nSPS) is 11.2. The van der Waals surface area contributed by atoms with Gasteiger partial charge in [-0.2, -0.15) is 14.6 Å². The number of nitrogens with one attached hydrogen (secondary N) is 1. The summed E-state index contributed by atoms with van der Waals surface area (Å²) in [6.07, 6.45) is 4.92. The fourth-order valence-corrected chi connectivity index (χ4v) is 2.06. The van der Waals surface area contributed by atoms with Crippen molar-refractivity contribution in [3.8, 4) is 0 Å². The topological polar surface area (TPSA) is 47.7 Å². The van der Waals surface area contributed by atoms with Gasteiger partial charge in [-0.3, -0.25) is 4.68 Å². The Balaban J connectivity index is 1.89. The summed E-state index contributed by atoms with van der Waals surface area (Å²) in [5.41, 5.74) is 2.47. The summed E-state index contributed by atoms with van der Waals surface area (Å²) >= 11 is 0. The SMILES string of the molecule is CCCn1cc(CNCc2c(C)nn(C)c2F)cn1. The standard InChI is InChI=1S/C13H20FN5/c1-4-5-19-9-11(7-16-19)6-15-8-12-10(2)17-18(3)13(12)14/h7,9,15H,4-6,8H2,1-3H3. The first-order valence-electron chi connectivity index (χ1n) is 6.51. The zero-order valence-electron chi connectivity index (χ0n) is 11.6. The van der Waals surface area contributed by atoms with Crippen LogP contribution in [0.15, 0.2) is 12.4 Å². The van der Waals surface area contributed by atoms with Crippen molar-refractivity contribution in [2.24, 2.45) is 7.05 Å². The van der Waals surface area contributed by atoms with Crippen molar-refractivity contribution in [1.29, 1.82) is 0 Å². The summed E-state index contributed by atoms with van der Waals surface area (Å²) < 4.78 is 16.9. The summed E-state index contributed by atoms with van der Waals surface area (Å²) in [7, 11) is 1.61. The zero-order chi connectivity index (χ0) is 13.8. The average molecular weight is 265 g/mol. The van der Waals surface area contributed by atoms with Crippen LogP contribution in [0.5, 0.6) is 0 Å². The first kappa shape index (κ1) is 13.7. The molecule has 2 heterocycles. The molecule has 0 radical (unpaired) electrons. The molecule has 0 aromatic carbocycles. The summed E-state index contributed by atoms with van der Waals surface area (Å²) in [6, 6.07) is 0. The molecule has 6 heteroatoms. The van der Waals surface area contributed by atoms with E-state index in [1.165, 1.54) is 4.68 Å². The molecule has 0 aliphatic rings. The molecule has 0 aliphatic carbocycles. The van der Waals surface area contributed by atoms with Crippen LogP contribution in [0.2, 0.25) is 0 Å². The lowest BCUT2D eigenvalue weighted by Crippen LogP contribution is -2.13. The van der Waals surface area contributed by atoms with E-state index in [1.807, 2.05) is 24.0 Å². The van der Waals surface area contributed by atoms with Gasteiger partial charge in [0.1, 0.15) is 0 Å². The fourth-order valence-electron chi connectivity index (χ4n) is 2.06. The van der Waals surface area contributed by atoms with E-state index in [4.69, 9.17) is 0 Å². The minimum absolute atomic E-state index is 0.272. The van der Waals surface area contributed by atoms with Gasteiger partial charge in [0.25, 0.3) is 0 Å². The lowest BCUT2D eigenvalue weighted by Gasteiger charge is -2.02. The van der Waals surface area contributed by atoms with Gasteiger partial charge in [0, 0.05) is 44.0 Å². The van der Waals surface area contributed by atoms with Crippen LogP contribution in [0.4, 0.5) is 4.39 Å². The summed E-state index contributed by atoms with van der Waals surface area (Å²) in [5, 5.41) is 11.5. The number of hydrogen-bond donors (Lipinski definition) is 1. The lowest BCUT2D eigenvalue weighted by atomic mass is 10.2. The van der Waals surface area contributed by atoms with Crippen molar-refractivity contribution >= 4 is 0 Å². The maximum atomic E-state index is 13.7. The molecule has 1 N–H and O–H groups in total. The number of halogens is 1. The first-order chi connectivity index (χ1) is 9.11. The van der Waals surface area contributed by atoms with Crippen LogP contribution in [-0.2, 0) is 26.7 Å². The second-order valence-electron chi connectivity index (χ2n) is 4.69. The average Bonchev–Trinajstić information content (AvgIpc) is 2.90. The summed E-state index contributed by atoms with van der Waals surface area (Å²) in [5.74, 6) is -0.272. The van der Waals surface area contributed by atoms with Crippen LogP contribution in [0.1, 0.15) is 30.2 Å². The molecule has 5 nitrogen and oxygen atoms in total. The monoisotopic (exact) mass is 265 g/mol. The van der Waals surface area contributed by atoms with E-state index >= 15 is 0 Å². The molecule has 0 spiro atoms. The minimum Gasteiger partial charge on any atom is -0.308 e. The van der Waals surface area contributed by atoms with E-state index < -0.39 is 0 Å². The van der Waals surface area contributed by atoms with Crippen molar-refractivity contribution < 1.29 is 4.39 Å². The molecule has 0 atom stereocenters. The predicted octanol–water partition coefficient (Wildman–Crippen LogP) is 1.76. The highest BCUT2D eigenvalue weighted by atomic mass is 19.1. The van der Waals surface area contributed by atoms with Gasteiger partial charge in [0.2, 0.25) is 5.95 Å². The largest absolute Gasteiger partial charge is 0.308 e. The molecule has 19 heavy (non-hydrogen) atoms. The van der Waals surface area contributed by atoms with E-state index in [0.29, 0.717) is 18.7 Å². The van der Waals surface area contributed by atoms with Gasteiger partial charge in [-0.1, -0.05) is 6.92 Å². The zero-order valence-corrected chi connectivity index (χ0v) is 11.6. The van der Waals surface area contributed by atoms with Gasteiger partial charge < -0.3 is 5.32 Å². The minimum atomic E-state index is -0.272. The molecule has 0 aliphatic heterocycles. The van der Waals surface area contributed by atoms with Crippen LogP contribution in [0.25, 0.3) is 0 Å². The second-order valence-corrected chi connectivity index (χ2v) is 4.69. The van der Waals surface area contributed by atoms with E-state index in [1.54, 1.807) is 7.05 Å². The van der Waals surface area contributed by atoms with Gasteiger partial charge in [0.15, 0.2) is 0 Å². The Kier molecular flexibility index (Phi) is 4.31. The van der Waals surface area contributed by atoms with Crippen LogP contribution >= 0.6 is 0 Å². The van der Waals surface area contributed by atoms with Crippen molar-refractivity contribution in [1.82, 2.24) is 24.9 Å². The molecular formula is C13H20FN5. The Morgan fingerprint density at radius 1 is 1.37 bits per heavy atom. The summed E-state index contributed by atoms with van der Waals surface area (Å²) in [4.78, 5) is 0. The molecule has 0 bridgehead atoms. The van der Waals surface area contributed by atoms with Gasteiger partial charge >= 0.3 is 0 Å². The highest BCUT2D eigenvalue weighted by Crippen LogP contribution is 2.10. The van der Waals surface area contributed by atoms with Crippen LogP contribution in [0, 0.1) is 12.9 Å². The molecule has 2 aromatic rings. The number of rotatable bonds is 6. The Hall–Kier alpha value is -1.69. The van der Waals surface area contributed by atoms with Gasteiger partial charge in [-0.05, 0) is 13.3 Å². The molecule has 0 unspecified atom stereocenters. The molecule has 104 valence electrons. The van der Waals surface area contributed by atoms with E-state index in [2.05, 4.69) is 22.4 Å². The number of hydrogen-bond acceptors (Lipinski definition) is 3. The summed E-state index contributed by atoms with van der Waals surface area (Å²) in [6.45, 7) is 6.02. The molecule has 0 fully saturated rings. The molecule has 2 rings (SSSR count). The third-order valence-electron chi connectivity index (χ3n) is 3.04.